The number of amides is 2. The molecular weight excluding hydrogens is 221 g/mol. The van der Waals surface area contributed by atoms with E-state index in [9.17, 15) is 9.18 Å². The first-order valence-electron chi connectivity index (χ1n) is 5.68. The van der Waals surface area contributed by atoms with Crippen molar-refractivity contribution in [2.75, 3.05) is 25.5 Å². The molecule has 2 amide bonds. The van der Waals surface area contributed by atoms with Crippen LogP contribution in [-0.4, -0.2) is 37.1 Å². The molecule has 1 aliphatic heterocycles. The highest BCUT2D eigenvalue weighted by Crippen LogP contribution is 2.15. The molecule has 1 saturated heterocycles. The molecule has 2 rings (SSSR count). The maximum absolute atomic E-state index is 13.3. The van der Waals surface area contributed by atoms with Crippen molar-refractivity contribution in [2.45, 2.75) is 12.5 Å². The highest BCUT2D eigenvalue weighted by molar-refractivity contribution is 5.89. The van der Waals surface area contributed by atoms with Gasteiger partial charge in [-0.1, -0.05) is 12.1 Å². The predicted molar refractivity (Wildman–Crippen MR) is 64.5 cm³/mol. The number of likely N-dealkylation sites (N-methyl/N-ethyl adjacent to an activating group) is 1. The van der Waals surface area contributed by atoms with Crippen LogP contribution in [0.2, 0.25) is 0 Å². The van der Waals surface area contributed by atoms with E-state index in [2.05, 4.69) is 10.6 Å². The standard InChI is InChI=1S/C12H16FN3O/c1-14-9-6-7-16(8-9)12(17)15-11-5-3-2-4-10(11)13/h2-5,9,14H,6-8H2,1H3,(H,15,17)/t9-/m1/s1. The number of rotatable bonds is 2. The molecule has 2 N–H and O–H groups in total. The number of nitrogens with one attached hydrogen (secondary N) is 2. The Morgan fingerprint density at radius 2 is 2.24 bits per heavy atom. The van der Waals surface area contributed by atoms with Crippen molar-refractivity contribution in [3.05, 3.63) is 30.1 Å². The molecule has 5 heteroatoms. The lowest BCUT2D eigenvalue weighted by Crippen LogP contribution is -2.36. The molecule has 0 spiro atoms. The van der Waals surface area contributed by atoms with Crippen LogP contribution in [0.25, 0.3) is 0 Å². The number of benzene rings is 1. The number of halogens is 1. The van der Waals surface area contributed by atoms with Crippen LogP contribution in [0.5, 0.6) is 0 Å². The Hall–Kier alpha value is -1.62. The third-order valence-corrected chi connectivity index (χ3v) is 3.00. The quantitative estimate of drug-likeness (QED) is 0.821. The van der Waals surface area contributed by atoms with E-state index in [-0.39, 0.29) is 11.7 Å². The molecule has 1 aliphatic rings. The van der Waals surface area contributed by atoms with Crippen LogP contribution in [-0.2, 0) is 0 Å². The third kappa shape index (κ3) is 2.74. The van der Waals surface area contributed by atoms with Crippen LogP contribution in [0.15, 0.2) is 24.3 Å². The lowest BCUT2D eigenvalue weighted by molar-refractivity contribution is 0.221. The largest absolute Gasteiger partial charge is 0.323 e. The maximum Gasteiger partial charge on any atom is 0.321 e. The number of para-hydroxylation sites is 1. The first-order valence-corrected chi connectivity index (χ1v) is 5.68. The molecule has 92 valence electrons. The summed E-state index contributed by atoms with van der Waals surface area (Å²) in [6, 6.07) is 6.26. The topological polar surface area (TPSA) is 44.4 Å². The van der Waals surface area contributed by atoms with Gasteiger partial charge in [-0.2, -0.15) is 0 Å². The summed E-state index contributed by atoms with van der Waals surface area (Å²) in [5.74, 6) is -0.412. The van der Waals surface area contributed by atoms with Crippen LogP contribution in [0.4, 0.5) is 14.9 Å². The Bertz CT molecular complexity index is 410. The third-order valence-electron chi connectivity index (χ3n) is 3.00. The van der Waals surface area contributed by atoms with E-state index in [0.29, 0.717) is 19.1 Å². The van der Waals surface area contributed by atoms with E-state index in [1.54, 1.807) is 23.1 Å². The molecule has 1 heterocycles. The summed E-state index contributed by atoms with van der Waals surface area (Å²) in [7, 11) is 1.88. The van der Waals surface area contributed by atoms with E-state index >= 15 is 0 Å². The lowest BCUT2D eigenvalue weighted by Gasteiger charge is -2.17. The molecule has 17 heavy (non-hydrogen) atoms. The molecule has 0 aromatic heterocycles. The molecule has 0 saturated carbocycles. The summed E-state index contributed by atoms with van der Waals surface area (Å²) >= 11 is 0. The van der Waals surface area contributed by atoms with Gasteiger partial charge in [-0.15, -0.1) is 0 Å². The Morgan fingerprint density at radius 3 is 2.88 bits per heavy atom. The average Bonchev–Trinajstić information content (AvgIpc) is 2.81. The van der Waals surface area contributed by atoms with Gasteiger partial charge in [0, 0.05) is 19.1 Å². The zero-order valence-electron chi connectivity index (χ0n) is 9.74. The molecule has 1 atom stereocenters. The van der Waals surface area contributed by atoms with Crippen LogP contribution in [0.1, 0.15) is 6.42 Å². The van der Waals surface area contributed by atoms with E-state index in [1.165, 1.54) is 6.07 Å². The highest BCUT2D eigenvalue weighted by atomic mass is 19.1. The van der Waals surface area contributed by atoms with Crippen molar-refractivity contribution in [1.29, 1.82) is 0 Å². The van der Waals surface area contributed by atoms with Crippen LogP contribution >= 0.6 is 0 Å². The van der Waals surface area contributed by atoms with Gasteiger partial charge in [-0.25, -0.2) is 9.18 Å². The number of hydrogen-bond donors (Lipinski definition) is 2. The first kappa shape index (κ1) is 11.9. The number of carbonyl (C=O) groups excluding carboxylic acids is 1. The molecule has 1 fully saturated rings. The van der Waals surface area contributed by atoms with Gasteiger partial charge in [-0.3, -0.25) is 0 Å². The summed E-state index contributed by atoms with van der Waals surface area (Å²) in [5, 5.41) is 5.71. The number of anilines is 1. The molecule has 4 nitrogen and oxygen atoms in total. The summed E-state index contributed by atoms with van der Waals surface area (Å²) in [5.41, 5.74) is 0.227. The van der Waals surface area contributed by atoms with Crippen molar-refractivity contribution >= 4 is 11.7 Å². The van der Waals surface area contributed by atoms with Gasteiger partial charge >= 0.3 is 6.03 Å². The summed E-state index contributed by atoms with van der Waals surface area (Å²) in [4.78, 5) is 13.5. The lowest BCUT2D eigenvalue weighted by atomic mass is 10.3. The van der Waals surface area contributed by atoms with Crippen molar-refractivity contribution in [2.24, 2.45) is 0 Å². The summed E-state index contributed by atoms with van der Waals surface area (Å²) in [6.07, 6.45) is 0.932. The number of likely N-dealkylation sites (tertiary alicyclic amines) is 1. The Morgan fingerprint density at radius 1 is 1.47 bits per heavy atom. The SMILES string of the molecule is CN[C@@H]1CCN(C(=O)Nc2ccccc2F)C1. The van der Waals surface area contributed by atoms with Crippen molar-refractivity contribution in [3.8, 4) is 0 Å². The predicted octanol–water partition coefficient (Wildman–Crippen LogP) is 1.65. The Kier molecular flexibility index (Phi) is 3.58. The van der Waals surface area contributed by atoms with Crippen LogP contribution in [0.3, 0.4) is 0 Å². The molecule has 0 radical (unpaired) electrons. The molecule has 1 aromatic carbocycles. The number of nitrogens with zero attached hydrogens (tertiary/aromatic N) is 1. The summed E-state index contributed by atoms with van der Waals surface area (Å²) in [6.45, 7) is 1.36. The van der Waals surface area contributed by atoms with E-state index in [0.717, 1.165) is 6.42 Å². The molecule has 0 bridgehead atoms. The van der Waals surface area contributed by atoms with E-state index < -0.39 is 5.82 Å². The molecular formula is C12H16FN3O. The second kappa shape index (κ2) is 5.14. The first-order chi connectivity index (χ1) is 8.20. The molecule has 0 aliphatic carbocycles. The zero-order valence-corrected chi connectivity index (χ0v) is 9.74. The molecule has 1 aromatic rings. The van der Waals surface area contributed by atoms with E-state index in [1.807, 2.05) is 7.05 Å². The van der Waals surface area contributed by atoms with Gasteiger partial charge in [0.1, 0.15) is 5.82 Å². The second-order valence-corrected chi connectivity index (χ2v) is 4.13. The second-order valence-electron chi connectivity index (χ2n) is 4.13. The summed E-state index contributed by atoms with van der Waals surface area (Å²) < 4.78 is 13.3. The van der Waals surface area contributed by atoms with Crippen molar-refractivity contribution < 1.29 is 9.18 Å². The minimum absolute atomic E-state index is 0.227. The van der Waals surface area contributed by atoms with Gasteiger partial charge in [-0.05, 0) is 25.6 Å². The number of carbonyl (C=O) groups is 1. The van der Waals surface area contributed by atoms with E-state index in [4.69, 9.17) is 0 Å². The van der Waals surface area contributed by atoms with Gasteiger partial charge in [0.05, 0.1) is 5.69 Å². The number of hydrogen-bond acceptors (Lipinski definition) is 2. The zero-order chi connectivity index (χ0) is 12.3. The Balaban J connectivity index is 1.96. The fourth-order valence-electron chi connectivity index (χ4n) is 1.94. The number of urea groups is 1. The smallest absolute Gasteiger partial charge is 0.321 e. The fraction of sp³-hybridized carbons (Fsp3) is 0.417. The van der Waals surface area contributed by atoms with Gasteiger partial charge < -0.3 is 15.5 Å². The molecule has 0 unspecified atom stereocenters. The minimum Gasteiger partial charge on any atom is -0.323 e. The normalized spacial score (nSPS) is 19.4. The van der Waals surface area contributed by atoms with Crippen molar-refractivity contribution in [3.63, 3.8) is 0 Å². The van der Waals surface area contributed by atoms with Crippen LogP contribution < -0.4 is 10.6 Å². The van der Waals surface area contributed by atoms with Gasteiger partial charge in [0.2, 0.25) is 0 Å². The van der Waals surface area contributed by atoms with Gasteiger partial charge in [0.25, 0.3) is 0 Å². The Labute approximate surface area is 99.8 Å². The van der Waals surface area contributed by atoms with Crippen LogP contribution in [0, 0.1) is 5.82 Å². The monoisotopic (exact) mass is 237 g/mol. The van der Waals surface area contributed by atoms with Crippen molar-refractivity contribution in [1.82, 2.24) is 10.2 Å². The fourth-order valence-corrected chi connectivity index (χ4v) is 1.94. The highest BCUT2D eigenvalue weighted by Gasteiger charge is 2.25. The van der Waals surface area contributed by atoms with Gasteiger partial charge in [0.15, 0.2) is 0 Å². The minimum atomic E-state index is -0.412. The maximum atomic E-state index is 13.3. The average molecular weight is 237 g/mol.